The number of halogens is 1. The second-order valence-electron chi connectivity index (χ2n) is 5.24. The summed E-state index contributed by atoms with van der Waals surface area (Å²) in [6.07, 6.45) is 5.40. The highest BCUT2D eigenvalue weighted by Crippen LogP contribution is 2.31. The van der Waals surface area contributed by atoms with E-state index in [9.17, 15) is 0 Å². The SMILES string of the molecule is CCCOc1ccc(Cl)cc1NC1CCC(N)CC1. The van der Waals surface area contributed by atoms with Crippen LogP contribution in [0.1, 0.15) is 39.0 Å². The number of anilines is 1. The molecule has 1 aliphatic rings. The van der Waals surface area contributed by atoms with Crippen molar-refractivity contribution in [3.63, 3.8) is 0 Å². The minimum atomic E-state index is 0.369. The summed E-state index contributed by atoms with van der Waals surface area (Å²) in [6, 6.07) is 6.60. The maximum Gasteiger partial charge on any atom is 0.142 e. The van der Waals surface area contributed by atoms with Crippen molar-refractivity contribution in [3.05, 3.63) is 23.2 Å². The van der Waals surface area contributed by atoms with E-state index in [0.29, 0.717) is 12.1 Å². The molecule has 0 unspecified atom stereocenters. The van der Waals surface area contributed by atoms with Crippen LogP contribution in [0.5, 0.6) is 5.75 Å². The number of nitrogens with two attached hydrogens (primary N) is 1. The van der Waals surface area contributed by atoms with Gasteiger partial charge in [-0.1, -0.05) is 18.5 Å². The van der Waals surface area contributed by atoms with Crippen molar-refractivity contribution in [1.82, 2.24) is 0 Å². The van der Waals surface area contributed by atoms with Crippen LogP contribution in [0.15, 0.2) is 18.2 Å². The molecule has 0 amide bonds. The average molecular weight is 283 g/mol. The van der Waals surface area contributed by atoms with Crippen LogP contribution in [0, 0.1) is 0 Å². The zero-order chi connectivity index (χ0) is 13.7. The molecule has 0 saturated heterocycles. The van der Waals surface area contributed by atoms with Crippen LogP contribution in [-0.2, 0) is 0 Å². The fourth-order valence-electron chi connectivity index (χ4n) is 2.44. The highest BCUT2D eigenvalue weighted by Gasteiger charge is 2.19. The summed E-state index contributed by atoms with van der Waals surface area (Å²) in [5.41, 5.74) is 6.94. The zero-order valence-corrected chi connectivity index (χ0v) is 12.2. The van der Waals surface area contributed by atoms with Crippen molar-refractivity contribution < 1.29 is 4.74 Å². The van der Waals surface area contributed by atoms with Gasteiger partial charge in [0.2, 0.25) is 0 Å². The van der Waals surface area contributed by atoms with E-state index in [2.05, 4.69) is 12.2 Å². The molecule has 0 radical (unpaired) electrons. The number of hydrogen-bond donors (Lipinski definition) is 2. The summed E-state index contributed by atoms with van der Waals surface area (Å²) in [6.45, 7) is 2.83. The lowest BCUT2D eigenvalue weighted by Gasteiger charge is -2.28. The summed E-state index contributed by atoms with van der Waals surface area (Å²) >= 11 is 6.08. The van der Waals surface area contributed by atoms with Gasteiger partial charge in [-0.05, 0) is 50.3 Å². The number of ether oxygens (including phenoxy) is 1. The maximum absolute atomic E-state index is 6.08. The summed E-state index contributed by atoms with van der Waals surface area (Å²) in [7, 11) is 0. The van der Waals surface area contributed by atoms with Gasteiger partial charge >= 0.3 is 0 Å². The minimum Gasteiger partial charge on any atom is -0.491 e. The van der Waals surface area contributed by atoms with E-state index in [0.717, 1.165) is 55.2 Å². The van der Waals surface area contributed by atoms with Crippen LogP contribution in [0.25, 0.3) is 0 Å². The molecule has 1 fully saturated rings. The molecule has 1 aromatic carbocycles. The Balaban J connectivity index is 2.02. The first-order chi connectivity index (χ1) is 9.19. The van der Waals surface area contributed by atoms with Crippen LogP contribution in [0.2, 0.25) is 5.02 Å². The third-order valence-corrected chi connectivity index (χ3v) is 3.77. The first kappa shape index (κ1) is 14.5. The maximum atomic E-state index is 6.08. The molecule has 0 bridgehead atoms. The van der Waals surface area contributed by atoms with E-state index < -0.39 is 0 Å². The quantitative estimate of drug-likeness (QED) is 0.863. The van der Waals surface area contributed by atoms with E-state index in [4.69, 9.17) is 22.1 Å². The fraction of sp³-hybridized carbons (Fsp3) is 0.600. The Kier molecular flexibility index (Phi) is 5.34. The molecule has 0 aromatic heterocycles. The predicted molar refractivity (Wildman–Crippen MR) is 81.1 cm³/mol. The van der Waals surface area contributed by atoms with Gasteiger partial charge in [-0.15, -0.1) is 0 Å². The van der Waals surface area contributed by atoms with Gasteiger partial charge < -0.3 is 15.8 Å². The molecule has 1 aromatic rings. The Labute approximate surface area is 120 Å². The molecule has 2 rings (SSSR count). The smallest absolute Gasteiger partial charge is 0.142 e. The van der Waals surface area contributed by atoms with Crippen LogP contribution in [0.4, 0.5) is 5.69 Å². The number of benzene rings is 1. The molecule has 3 nitrogen and oxygen atoms in total. The molecule has 0 heterocycles. The van der Waals surface area contributed by atoms with Gasteiger partial charge in [0, 0.05) is 17.1 Å². The molecule has 106 valence electrons. The molecule has 3 N–H and O–H groups in total. The lowest BCUT2D eigenvalue weighted by Crippen LogP contribution is -2.32. The summed E-state index contributed by atoms with van der Waals surface area (Å²) < 4.78 is 5.76. The Morgan fingerprint density at radius 2 is 2.05 bits per heavy atom. The first-order valence-corrected chi connectivity index (χ1v) is 7.51. The van der Waals surface area contributed by atoms with Gasteiger partial charge in [0.1, 0.15) is 5.75 Å². The van der Waals surface area contributed by atoms with Crippen LogP contribution in [0.3, 0.4) is 0 Å². The molecular weight excluding hydrogens is 260 g/mol. The average Bonchev–Trinajstić information content (AvgIpc) is 2.40. The van der Waals surface area contributed by atoms with Crippen molar-refractivity contribution in [2.24, 2.45) is 5.73 Å². The Morgan fingerprint density at radius 1 is 1.32 bits per heavy atom. The largest absolute Gasteiger partial charge is 0.491 e. The molecule has 0 atom stereocenters. The normalized spacial score (nSPS) is 23.1. The molecule has 0 aliphatic heterocycles. The third kappa shape index (κ3) is 4.29. The fourth-order valence-corrected chi connectivity index (χ4v) is 2.61. The van der Waals surface area contributed by atoms with Gasteiger partial charge in [0.15, 0.2) is 0 Å². The number of nitrogens with one attached hydrogen (secondary N) is 1. The van der Waals surface area contributed by atoms with Gasteiger partial charge in [-0.3, -0.25) is 0 Å². The van der Waals surface area contributed by atoms with Crippen LogP contribution >= 0.6 is 11.6 Å². The van der Waals surface area contributed by atoms with Crippen molar-refractivity contribution in [2.45, 2.75) is 51.1 Å². The molecule has 4 heteroatoms. The van der Waals surface area contributed by atoms with E-state index in [1.807, 2.05) is 18.2 Å². The highest BCUT2D eigenvalue weighted by molar-refractivity contribution is 6.30. The summed E-state index contributed by atoms with van der Waals surface area (Å²) in [4.78, 5) is 0. The standard InChI is InChI=1S/C15H23ClN2O/c1-2-9-19-15-8-3-11(16)10-14(15)18-13-6-4-12(17)5-7-13/h3,8,10,12-13,18H,2,4-7,9,17H2,1H3. The summed E-state index contributed by atoms with van der Waals surface area (Å²) in [5, 5.41) is 4.29. The zero-order valence-electron chi connectivity index (χ0n) is 11.5. The van der Waals surface area contributed by atoms with E-state index >= 15 is 0 Å². The summed E-state index contributed by atoms with van der Waals surface area (Å²) in [5.74, 6) is 0.890. The van der Waals surface area contributed by atoms with Crippen molar-refractivity contribution in [1.29, 1.82) is 0 Å². The van der Waals surface area contributed by atoms with Crippen molar-refractivity contribution in [2.75, 3.05) is 11.9 Å². The van der Waals surface area contributed by atoms with E-state index in [1.54, 1.807) is 0 Å². The van der Waals surface area contributed by atoms with E-state index in [-0.39, 0.29) is 0 Å². The monoisotopic (exact) mass is 282 g/mol. The van der Waals surface area contributed by atoms with Gasteiger partial charge in [0.05, 0.1) is 12.3 Å². The number of rotatable bonds is 5. The predicted octanol–water partition coefficient (Wildman–Crippen LogP) is 3.81. The van der Waals surface area contributed by atoms with Crippen LogP contribution < -0.4 is 15.8 Å². The topological polar surface area (TPSA) is 47.3 Å². The lowest BCUT2D eigenvalue weighted by molar-refractivity contribution is 0.318. The molecule has 0 spiro atoms. The molecule has 19 heavy (non-hydrogen) atoms. The van der Waals surface area contributed by atoms with Crippen molar-refractivity contribution >= 4 is 17.3 Å². The molecule has 1 aliphatic carbocycles. The van der Waals surface area contributed by atoms with Gasteiger partial charge in [-0.25, -0.2) is 0 Å². The second-order valence-corrected chi connectivity index (χ2v) is 5.68. The first-order valence-electron chi connectivity index (χ1n) is 7.13. The number of hydrogen-bond acceptors (Lipinski definition) is 3. The highest BCUT2D eigenvalue weighted by atomic mass is 35.5. The molecular formula is C15H23ClN2O. The third-order valence-electron chi connectivity index (χ3n) is 3.53. The minimum absolute atomic E-state index is 0.369. The Morgan fingerprint density at radius 3 is 2.74 bits per heavy atom. The lowest BCUT2D eigenvalue weighted by atomic mass is 9.91. The van der Waals surface area contributed by atoms with Gasteiger partial charge in [0.25, 0.3) is 0 Å². The Bertz CT molecular complexity index is 403. The van der Waals surface area contributed by atoms with Crippen LogP contribution in [-0.4, -0.2) is 18.7 Å². The Hall–Kier alpha value is -0.930. The van der Waals surface area contributed by atoms with E-state index in [1.165, 1.54) is 0 Å². The molecule has 1 saturated carbocycles. The van der Waals surface area contributed by atoms with Crippen molar-refractivity contribution in [3.8, 4) is 5.75 Å². The second kappa shape index (κ2) is 7.01. The van der Waals surface area contributed by atoms with Gasteiger partial charge in [-0.2, -0.15) is 0 Å².